The highest BCUT2D eigenvalue weighted by atomic mass is 32.2. The summed E-state index contributed by atoms with van der Waals surface area (Å²) in [4.78, 5) is 53.5. The highest BCUT2D eigenvalue weighted by Gasteiger charge is 2.28. The largest absolute Gasteiger partial charge is 0.508 e. The predicted octanol–water partition coefficient (Wildman–Crippen LogP) is -1.37. The molecule has 0 fully saturated rings. The molecule has 0 aromatic heterocycles. The number of aromatic hydroxyl groups is 1. The van der Waals surface area contributed by atoms with E-state index in [0.29, 0.717) is 17.7 Å². The van der Waals surface area contributed by atoms with Crippen LogP contribution in [-0.2, 0) is 25.6 Å². The molecule has 0 saturated heterocycles. The molecule has 4 atom stereocenters. The number of benzene rings is 1. The fourth-order valence-corrected chi connectivity index (χ4v) is 3.67. The van der Waals surface area contributed by atoms with Crippen LogP contribution in [0.3, 0.4) is 0 Å². The fraction of sp³-hybridized carbons (Fsp3) is 0.522. The molecule has 0 aliphatic heterocycles. The molecule has 0 aliphatic rings. The Hall–Kier alpha value is -3.52. The van der Waals surface area contributed by atoms with Gasteiger partial charge in [-0.3, -0.25) is 19.4 Å². The Morgan fingerprint density at radius 1 is 0.973 bits per heavy atom. The van der Waals surface area contributed by atoms with Crippen LogP contribution >= 0.6 is 11.8 Å². The van der Waals surface area contributed by atoms with Crippen molar-refractivity contribution in [2.75, 3.05) is 18.6 Å². The van der Waals surface area contributed by atoms with Crippen LogP contribution in [0.4, 0.5) is 0 Å². The number of nitrogens with two attached hydrogens (primary N) is 3. The summed E-state index contributed by atoms with van der Waals surface area (Å²) in [5.74, 6) is -2.57. The number of amides is 3. The third-order valence-corrected chi connectivity index (χ3v) is 5.93. The van der Waals surface area contributed by atoms with Gasteiger partial charge in [-0.2, -0.15) is 11.8 Å². The van der Waals surface area contributed by atoms with E-state index in [4.69, 9.17) is 17.2 Å². The molecule has 13 nitrogen and oxygen atoms in total. The number of guanidine groups is 1. The minimum atomic E-state index is -1.17. The van der Waals surface area contributed by atoms with Crippen molar-refractivity contribution in [3.63, 3.8) is 0 Å². The van der Waals surface area contributed by atoms with E-state index in [1.165, 1.54) is 30.8 Å². The third-order valence-electron chi connectivity index (χ3n) is 5.28. The minimum absolute atomic E-state index is 0.0800. The third kappa shape index (κ3) is 12.3. The van der Waals surface area contributed by atoms with Gasteiger partial charge in [0, 0.05) is 6.54 Å². The van der Waals surface area contributed by atoms with Gasteiger partial charge in [-0.15, -0.1) is 0 Å². The van der Waals surface area contributed by atoms with Crippen molar-refractivity contribution in [3.8, 4) is 5.75 Å². The molecule has 37 heavy (non-hydrogen) atoms. The van der Waals surface area contributed by atoms with E-state index >= 15 is 0 Å². The van der Waals surface area contributed by atoms with Crippen LogP contribution in [0.25, 0.3) is 0 Å². The normalized spacial score (nSPS) is 13.9. The number of hydrogen-bond acceptors (Lipinski definition) is 8. The summed E-state index contributed by atoms with van der Waals surface area (Å²) in [5.41, 5.74) is 17.4. The number of nitrogens with one attached hydrogen (secondary N) is 3. The lowest BCUT2D eigenvalue weighted by Gasteiger charge is -2.23. The van der Waals surface area contributed by atoms with Crippen LogP contribution in [0, 0.1) is 0 Å². The Kier molecular flexibility index (Phi) is 13.9. The Bertz CT molecular complexity index is 940. The second kappa shape index (κ2) is 16.3. The van der Waals surface area contributed by atoms with Gasteiger partial charge in [-0.05, 0) is 62.3 Å². The maximum atomic E-state index is 13.0. The molecule has 0 saturated carbocycles. The van der Waals surface area contributed by atoms with Gasteiger partial charge < -0.3 is 43.4 Å². The molecule has 3 amide bonds. The number of aliphatic imine (C=N–C) groups is 1. The molecule has 0 aliphatic carbocycles. The first kappa shape index (κ1) is 31.5. The highest BCUT2D eigenvalue weighted by Crippen LogP contribution is 2.11. The molecular formula is C23H37N7O6S. The van der Waals surface area contributed by atoms with E-state index in [1.807, 2.05) is 6.26 Å². The van der Waals surface area contributed by atoms with Gasteiger partial charge in [0.15, 0.2) is 5.96 Å². The van der Waals surface area contributed by atoms with Gasteiger partial charge >= 0.3 is 5.97 Å². The lowest BCUT2D eigenvalue weighted by atomic mass is 10.0. The molecule has 0 bridgehead atoms. The second-order valence-electron chi connectivity index (χ2n) is 8.40. The van der Waals surface area contributed by atoms with Crippen molar-refractivity contribution in [2.45, 2.75) is 56.8 Å². The van der Waals surface area contributed by atoms with Gasteiger partial charge in [0.05, 0.1) is 6.04 Å². The summed E-state index contributed by atoms with van der Waals surface area (Å²) in [5, 5.41) is 26.3. The number of aliphatic carboxylic acids is 1. The summed E-state index contributed by atoms with van der Waals surface area (Å²) in [6, 6.07) is 2.03. The van der Waals surface area contributed by atoms with Gasteiger partial charge in [-0.25, -0.2) is 4.79 Å². The average molecular weight is 540 g/mol. The van der Waals surface area contributed by atoms with Crippen LogP contribution in [0.1, 0.15) is 31.7 Å². The first-order chi connectivity index (χ1) is 17.4. The summed E-state index contributed by atoms with van der Waals surface area (Å²) in [6.07, 6.45) is 2.72. The Morgan fingerprint density at radius 2 is 1.59 bits per heavy atom. The number of carboxylic acid groups (broad SMARTS) is 1. The molecule has 14 heteroatoms. The molecule has 11 N–H and O–H groups in total. The monoisotopic (exact) mass is 539 g/mol. The topological polar surface area (TPSA) is 235 Å². The van der Waals surface area contributed by atoms with Gasteiger partial charge in [0.1, 0.15) is 23.9 Å². The summed E-state index contributed by atoms with van der Waals surface area (Å²) >= 11 is 1.45. The predicted molar refractivity (Wildman–Crippen MR) is 142 cm³/mol. The molecule has 1 aromatic rings. The lowest BCUT2D eigenvalue weighted by molar-refractivity contribution is -0.142. The molecule has 1 aromatic carbocycles. The molecule has 1 rings (SSSR count). The zero-order valence-corrected chi connectivity index (χ0v) is 21.8. The Labute approximate surface area is 220 Å². The lowest BCUT2D eigenvalue weighted by Crippen LogP contribution is -2.56. The summed E-state index contributed by atoms with van der Waals surface area (Å²) in [7, 11) is 0. The number of carbonyl (C=O) groups is 4. The number of hydrogen-bond donors (Lipinski definition) is 8. The summed E-state index contributed by atoms with van der Waals surface area (Å²) < 4.78 is 0. The fourth-order valence-electron chi connectivity index (χ4n) is 3.20. The van der Waals surface area contributed by atoms with E-state index < -0.39 is 47.9 Å². The van der Waals surface area contributed by atoms with Crippen LogP contribution in [-0.4, -0.2) is 82.6 Å². The van der Waals surface area contributed by atoms with Crippen LogP contribution in [0.15, 0.2) is 29.3 Å². The van der Waals surface area contributed by atoms with Gasteiger partial charge in [-0.1, -0.05) is 12.1 Å². The number of carboxylic acids is 1. The quantitative estimate of drug-likeness (QED) is 0.0696. The van der Waals surface area contributed by atoms with Gasteiger partial charge in [0.25, 0.3) is 0 Å². The number of nitrogens with zero attached hydrogens (tertiary/aromatic N) is 1. The van der Waals surface area contributed by atoms with E-state index in [0.717, 1.165) is 0 Å². The van der Waals surface area contributed by atoms with Crippen molar-refractivity contribution < 1.29 is 29.4 Å². The maximum absolute atomic E-state index is 13.0. The first-order valence-electron chi connectivity index (χ1n) is 11.7. The van der Waals surface area contributed by atoms with Crippen molar-refractivity contribution in [2.24, 2.45) is 22.2 Å². The molecule has 0 radical (unpaired) electrons. The van der Waals surface area contributed by atoms with Gasteiger partial charge in [0.2, 0.25) is 17.7 Å². The van der Waals surface area contributed by atoms with E-state index in [-0.39, 0.29) is 37.5 Å². The Morgan fingerprint density at radius 3 is 2.16 bits per heavy atom. The molecule has 4 unspecified atom stereocenters. The van der Waals surface area contributed by atoms with Crippen LogP contribution < -0.4 is 33.2 Å². The smallest absolute Gasteiger partial charge is 0.326 e. The average Bonchev–Trinajstić information content (AvgIpc) is 2.84. The molecule has 206 valence electrons. The number of phenols is 1. The number of phenolic OH excluding ortho intramolecular Hbond substituents is 1. The molecular weight excluding hydrogens is 502 g/mol. The zero-order chi connectivity index (χ0) is 28.0. The van der Waals surface area contributed by atoms with Crippen molar-refractivity contribution in [1.29, 1.82) is 0 Å². The van der Waals surface area contributed by atoms with E-state index in [9.17, 15) is 29.4 Å². The van der Waals surface area contributed by atoms with Crippen molar-refractivity contribution >= 4 is 41.4 Å². The standard InChI is InChI=1S/C23H37N7O6S/c1-13(19(32)30-18(22(35)36)9-11-37-2)28-21(34)17(4-3-10-27-23(25)26)29-20(33)16(24)12-14-5-7-15(31)8-6-14/h5-8,13,16-18,31H,3-4,9-12,24H2,1-2H3,(H,28,34)(H,29,33)(H,30,32)(H,35,36)(H4,25,26,27). The van der Waals surface area contributed by atoms with Crippen molar-refractivity contribution in [3.05, 3.63) is 29.8 Å². The maximum Gasteiger partial charge on any atom is 0.326 e. The number of rotatable bonds is 16. The zero-order valence-electron chi connectivity index (χ0n) is 21.0. The summed E-state index contributed by atoms with van der Waals surface area (Å²) in [6.45, 7) is 1.63. The Balaban J connectivity index is 2.83. The molecule has 0 heterocycles. The van der Waals surface area contributed by atoms with E-state index in [1.54, 1.807) is 12.1 Å². The minimum Gasteiger partial charge on any atom is -0.508 e. The second-order valence-corrected chi connectivity index (χ2v) is 9.38. The highest BCUT2D eigenvalue weighted by molar-refractivity contribution is 7.98. The van der Waals surface area contributed by atoms with Crippen LogP contribution in [0.2, 0.25) is 0 Å². The number of thioether (sulfide) groups is 1. The first-order valence-corrected chi connectivity index (χ1v) is 13.1. The van der Waals surface area contributed by atoms with Crippen molar-refractivity contribution in [1.82, 2.24) is 16.0 Å². The van der Waals surface area contributed by atoms with Crippen LogP contribution in [0.5, 0.6) is 5.75 Å². The SMILES string of the molecule is CSCCC(NC(=O)C(C)NC(=O)C(CCCN=C(N)N)NC(=O)C(N)Cc1ccc(O)cc1)C(=O)O. The van der Waals surface area contributed by atoms with E-state index in [2.05, 4.69) is 20.9 Å². The molecule has 0 spiro atoms. The number of carbonyl (C=O) groups excluding carboxylic acids is 3.